The number of nitrogens with zero attached hydrogens (tertiary/aromatic N) is 1. The Hall–Kier alpha value is -2.77. The van der Waals surface area contributed by atoms with Gasteiger partial charge in [0.2, 0.25) is 5.91 Å². The summed E-state index contributed by atoms with van der Waals surface area (Å²) in [6.45, 7) is 3.72. The van der Waals surface area contributed by atoms with Crippen molar-refractivity contribution in [2.24, 2.45) is 0 Å². The van der Waals surface area contributed by atoms with Crippen molar-refractivity contribution >= 4 is 34.5 Å². The van der Waals surface area contributed by atoms with Crippen LogP contribution in [-0.4, -0.2) is 30.7 Å². The monoisotopic (exact) mass is 444 g/mol. The zero-order chi connectivity index (χ0) is 20.9. The van der Waals surface area contributed by atoms with Gasteiger partial charge in [0, 0.05) is 29.5 Å². The lowest BCUT2D eigenvalue weighted by atomic mass is 10.2. The van der Waals surface area contributed by atoms with E-state index in [2.05, 4.69) is 10.3 Å². The lowest BCUT2D eigenvalue weighted by Gasteiger charge is -2.12. The van der Waals surface area contributed by atoms with Crippen LogP contribution in [0.25, 0.3) is 10.6 Å². The molecule has 8 heteroatoms. The van der Waals surface area contributed by atoms with Crippen LogP contribution in [0.5, 0.6) is 17.2 Å². The molecule has 0 bridgehead atoms. The Morgan fingerprint density at radius 3 is 2.67 bits per heavy atom. The Bertz CT molecular complexity index is 1040. The topological polar surface area (TPSA) is 69.7 Å². The fraction of sp³-hybridized carbons (Fsp3) is 0.273. The van der Waals surface area contributed by atoms with Crippen molar-refractivity contribution in [2.75, 3.05) is 25.1 Å². The number of nitrogens with one attached hydrogen (secondary N) is 1. The molecule has 1 aliphatic heterocycles. The second-order valence-corrected chi connectivity index (χ2v) is 7.92. The fourth-order valence-electron chi connectivity index (χ4n) is 3.02. The second kappa shape index (κ2) is 9.36. The Balaban J connectivity index is 1.42. The molecule has 0 spiro atoms. The number of rotatable bonds is 6. The van der Waals surface area contributed by atoms with Crippen LogP contribution in [0.15, 0.2) is 41.8 Å². The lowest BCUT2D eigenvalue weighted by Crippen LogP contribution is -2.15. The van der Waals surface area contributed by atoms with E-state index in [0.717, 1.165) is 22.7 Å². The van der Waals surface area contributed by atoms with Crippen LogP contribution >= 0.6 is 22.9 Å². The van der Waals surface area contributed by atoms with Gasteiger partial charge in [-0.25, -0.2) is 4.98 Å². The molecular weight excluding hydrogens is 424 g/mol. The molecule has 0 atom stereocenters. The van der Waals surface area contributed by atoms with Crippen molar-refractivity contribution in [2.45, 2.75) is 19.8 Å². The first-order valence-corrected chi connectivity index (χ1v) is 10.9. The Labute approximate surface area is 183 Å². The summed E-state index contributed by atoms with van der Waals surface area (Å²) in [6.07, 6.45) is 0.951. The highest BCUT2D eigenvalue weighted by Crippen LogP contribution is 2.37. The summed E-state index contributed by atoms with van der Waals surface area (Å²) in [6, 6.07) is 11.1. The Kier molecular flexibility index (Phi) is 6.40. The van der Waals surface area contributed by atoms with Crippen LogP contribution in [0.4, 0.5) is 5.69 Å². The number of thiazole rings is 1. The first-order chi connectivity index (χ1) is 14.6. The molecule has 1 amide bonds. The summed E-state index contributed by atoms with van der Waals surface area (Å²) in [7, 11) is 0. The van der Waals surface area contributed by atoms with Crippen LogP contribution in [-0.2, 0) is 11.2 Å². The van der Waals surface area contributed by atoms with Crippen molar-refractivity contribution in [1.82, 2.24) is 4.98 Å². The SMILES string of the molecule is CCOc1ccc(-c2nc(CC(=O)Nc3cc4c(cc3Cl)OCCCO4)cs2)cc1. The van der Waals surface area contributed by atoms with Crippen LogP contribution in [0.3, 0.4) is 0 Å². The first kappa shape index (κ1) is 20.5. The number of amides is 1. The van der Waals surface area contributed by atoms with Crippen LogP contribution in [0.1, 0.15) is 19.0 Å². The minimum absolute atomic E-state index is 0.151. The number of anilines is 1. The molecule has 1 aliphatic rings. The summed E-state index contributed by atoms with van der Waals surface area (Å²) in [5.74, 6) is 1.80. The molecule has 6 nitrogen and oxygen atoms in total. The van der Waals surface area contributed by atoms with Gasteiger partial charge in [-0.3, -0.25) is 4.79 Å². The molecule has 1 aromatic heterocycles. The van der Waals surface area contributed by atoms with E-state index in [9.17, 15) is 4.79 Å². The third-order valence-corrected chi connectivity index (χ3v) is 5.67. The number of ether oxygens (including phenoxy) is 3. The Morgan fingerprint density at radius 1 is 1.20 bits per heavy atom. The van der Waals surface area contributed by atoms with Gasteiger partial charge < -0.3 is 19.5 Å². The highest BCUT2D eigenvalue weighted by molar-refractivity contribution is 7.13. The van der Waals surface area contributed by atoms with E-state index < -0.39 is 0 Å². The van der Waals surface area contributed by atoms with Crippen LogP contribution in [0, 0.1) is 0 Å². The van der Waals surface area contributed by atoms with Crippen LogP contribution in [0.2, 0.25) is 5.02 Å². The Morgan fingerprint density at radius 2 is 1.93 bits per heavy atom. The van der Waals surface area contributed by atoms with Gasteiger partial charge in [-0.1, -0.05) is 11.6 Å². The normalized spacial score (nSPS) is 12.9. The van der Waals surface area contributed by atoms with E-state index in [1.807, 2.05) is 36.6 Å². The number of benzene rings is 2. The molecule has 156 valence electrons. The summed E-state index contributed by atoms with van der Waals surface area (Å²) >= 11 is 7.81. The number of halogens is 1. The van der Waals surface area contributed by atoms with Gasteiger partial charge in [-0.2, -0.15) is 0 Å². The lowest BCUT2D eigenvalue weighted by molar-refractivity contribution is -0.115. The maximum absolute atomic E-state index is 12.5. The largest absolute Gasteiger partial charge is 0.494 e. The molecule has 2 heterocycles. The molecule has 0 saturated carbocycles. The van der Waals surface area contributed by atoms with Gasteiger partial charge in [-0.05, 0) is 31.2 Å². The molecule has 0 aliphatic carbocycles. The number of carbonyl (C=O) groups excluding carboxylic acids is 1. The molecule has 0 radical (unpaired) electrons. The van der Waals surface area contributed by atoms with Crippen molar-refractivity contribution in [1.29, 1.82) is 0 Å². The van der Waals surface area contributed by atoms with E-state index in [1.54, 1.807) is 12.1 Å². The third-order valence-electron chi connectivity index (χ3n) is 4.42. The third kappa shape index (κ3) is 4.86. The minimum Gasteiger partial charge on any atom is -0.494 e. The van der Waals surface area contributed by atoms with Crippen molar-refractivity contribution in [3.05, 3.63) is 52.5 Å². The number of hydrogen-bond donors (Lipinski definition) is 1. The molecule has 0 fully saturated rings. The quantitative estimate of drug-likeness (QED) is 0.565. The molecule has 2 aromatic carbocycles. The van der Waals surface area contributed by atoms with E-state index >= 15 is 0 Å². The molecule has 0 unspecified atom stereocenters. The van der Waals surface area contributed by atoms with Crippen molar-refractivity contribution in [3.8, 4) is 27.8 Å². The maximum Gasteiger partial charge on any atom is 0.230 e. The fourth-order valence-corrected chi connectivity index (χ4v) is 4.05. The minimum atomic E-state index is -0.199. The zero-order valence-electron chi connectivity index (χ0n) is 16.4. The summed E-state index contributed by atoms with van der Waals surface area (Å²) in [5.41, 5.74) is 2.18. The molecule has 0 saturated heterocycles. The molecule has 30 heavy (non-hydrogen) atoms. The predicted molar refractivity (Wildman–Crippen MR) is 118 cm³/mol. The van der Waals surface area contributed by atoms with Gasteiger partial charge in [0.25, 0.3) is 0 Å². The second-order valence-electron chi connectivity index (χ2n) is 6.66. The number of aromatic nitrogens is 1. The average Bonchev–Trinajstić information content (AvgIpc) is 3.07. The van der Waals surface area contributed by atoms with Crippen molar-refractivity contribution in [3.63, 3.8) is 0 Å². The highest BCUT2D eigenvalue weighted by Gasteiger charge is 2.16. The smallest absolute Gasteiger partial charge is 0.230 e. The average molecular weight is 445 g/mol. The van der Waals surface area contributed by atoms with Gasteiger partial charge in [0.1, 0.15) is 10.8 Å². The zero-order valence-corrected chi connectivity index (χ0v) is 18.0. The molecule has 3 aromatic rings. The van der Waals surface area contributed by atoms with E-state index in [1.165, 1.54) is 11.3 Å². The van der Waals surface area contributed by atoms with E-state index in [4.69, 9.17) is 25.8 Å². The molecular formula is C22H21ClN2O4S. The van der Waals surface area contributed by atoms with Crippen molar-refractivity contribution < 1.29 is 19.0 Å². The standard InChI is InChI=1S/C22H21ClN2O4S/c1-2-27-16-6-4-14(5-7-16)22-24-15(13-30-22)10-21(26)25-18-12-20-19(11-17(18)23)28-8-3-9-29-20/h4-7,11-13H,2-3,8-10H2,1H3,(H,25,26). The van der Waals surface area contributed by atoms with Gasteiger partial charge in [0.05, 0.1) is 42.6 Å². The maximum atomic E-state index is 12.5. The summed E-state index contributed by atoms with van der Waals surface area (Å²) < 4.78 is 16.7. The van der Waals surface area contributed by atoms with Crippen LogP contribution < -0.4 is 19.5 Å². The van der Waals surface area contributed by atoms with E-state index in [0.29, 0.717) is 47.7 Å². The predicted octanol–water partition coefficient (Wildman–Crippen LogP) is 5.20. The van der Waals surface area contributed by atoms with E-state index in [-0.39, 0.29) is 12.3 Å². The number of hydrogen-bond acceptors (Lipinski definition) is 6. The van der Waals surface area contributed by atoms with Gasteiger partial charge in [0.15, 0.2) is 11.5 Å². The molecule has 4 rings (SSSR count). The first-order valence-electron chi connectivity index (χ1n) is 9.69. The highest BCUT2D eigenvalue weighted by atomic mass is 35.5. The number of fused-ring (bicyclic) bond motifs is 1. The number of carbonyl (C=O) groups is 1. The summed E-state index contributed by atoms with van der Waals surface area (Å²) in [4.78, 5) is 17.1. The molecule has 1 N–H and O–H groups in total. The van der Waals surface area contributed by atoms with Gasteiger partial charge in [-0.15, -0.1) is 11.3 Å². The summed E-state index contributed by atoms with van der Waals surface area (Å²) in [5, 5.41) is 5.99. The van der Waals surface area contributed by atoms with Gasteiger partial charge >= 0.3 is 0 Å².